The predicted octanol–water partition coefficient (Wildman–Crippen LogP) is 1.49. The van der Waals surface area contributed by atoms with Crippen molar-refractivity contribution in [3.63, 3.8) is 0 Å². The molecule has 22 heavy (non-hydrogen) atoms. The van der Waals surface area contributed by atoms with Gasteiger partial charge in [-0.2, -0.15) is 0 Å². The van der Waals surface area contributed by atoms with Gasteiger partial charge in [-0.25, -0.2) is 4.79 Å². The first-order valence-electron chi connectivity index (χ1n) is 7.42. The van der Waals surface area contributed by atoms with E-state index in [0.717, 1.165) is 12.8 Å². The molecule has 8 nitrogen and oxygen atoms in total. The molecular formula is C14H23NO7. The minimum absolute atomic E-state index is 0.325. The largest absolute Gasteiger partial charge is 0.425 e. The molecule has 5 atom stereocenters. The van der Waals surface area contributed by atoms with Gasteiger partial charge < -0.3 is 18.9 Å². The van der Waals surface area contributed by atoms with Gasteiger partial charge in [0.2, 0.25) is 11.8 Å². The van der Waals surface area contributed by atoms with E-state index in [0.29, 0.717) is 12.8 Å². The molecule has 0 N–H and O–H groups in total. The number of cyclic esters (lactones) is 1. The Hall–Kier alpha value is -1.25. The van der Waals surface area contributed by atoms with Crippen molar-refractivity contribution in [2.75, 3.05) is 14.2 Å². The Kier molecular flexibility index (Phi) is 4.74. The Labute approximate surface area is 129 Å². The number of carbonyl (C=O) groups is 1. The minimum Gasteiger partial charge on any atom is -0.425 e. The lowest BCUT2D eigenvalue weighted by molar-refractivity contribution is -0.541. The number of methoxy groups -OCH3 is 2. The summed E-state index contributed by atoms with van der Waals surface area (Å²) in [5, 5.41) is 11.3. The highest BCUT2D eigenvalue weighted by Crippen LogP contribution is 2.41. The van der Waals surface area contributed by atoms with Crippen LogP contribution in [0.15, 0.2) is 0 Å². The molecule has 1 saturated carbocycles. The zero-order chi connectivity index (χ0) is 16.5. The Morgan fingerprint density at radius 3 is 2.32 bits per heavy atom. The number of carbonyl (C=O) groups excluding carboxylic acids is 1. The number of nitro groups is 1. The smallest absolute Gasteiger partial charge is 0.338 e. The molecule has 1 heterocycles. The summed E-state index contributed by atoms with van der Waals surface area (Å²) in [7, 11) is 2.80. The summed E-state index contributed by atoms with van der Waals surface area (Å²) in [4.78, 5) is 23.3. The van der Waals surface area contributed by atoms with Crippen molar-refractivity contribution in [2.24, 2.45) is 5.92 Å². The van der Waals surface area contributed by atoms with Crippen LogP contribution in [-0.4, -0.2) is 48.8 Å². The fourth-order valence-corrected chi connectivity index (χ4v) is 3.22. The van der Waals surface area contributed by atoms with Crippen molar-refractivity contribution >= 4 is 5.97 Å². The second kappa shape index (κ2) is 6.10. The van der Waals surface area contributed by atoms with E-state index in [9.17, 15) is 14.9 Å². The molecule has 2 rings (SSSR count). The summed E-state index contributed by atoms with van der Waals surface area (Å²) in [6.45, 7) is 3.14. The molecule has 0 aromatic heterocycles. The van der Waals surface area contributed by atoms with Gasteiger partial charge in [0.1, 0.15) is 0 Å². The summed E-state index contributed by atoms with van der Waals surface area (Å²) in [6.07, 6.45) is 1.57. The average molecular weight is 317 g/mol. The maximum absolute atomic E-state index is 12.3. The van der Waals surface area contributed by atoms with Crippen LogP contribution in [0, 0.1) is 16.0 Å². The number of hydrogen-bond acceptors (Lipinski definition) is 7. The summed E-state index contributed by atoms with van der Waals surface area (Å²) < 4.78 is 21.8. The van der Waals surface area contributed by atoms with Crippen LogP contribution in [0.5, 0.6) is 0 Å². The highest BCUT2D eigenvalue weighted by molar-refractivity contribution is 5.76. The maximum atomic E-state index is 12.3. The third kappa shape index (κ3) is 2.70. The molecule has 2 aliphatic rings. The van der Waals surface area contributed by atoms with Gasteiger partial charge >= 0.3 is 5.97 Å². The van der Waals surface area contributed by atoms with Gasteiger partial charge in [0.25, 0.3) is 5.79 Å². The number of hydrogen-bond donors (Lipinski definition) is 0. The molecule has 0 spiro atoms. The Bertz CT molecular complexity index is 456. The lowest BCUT2D eigenvalue weighted by Gasteiger charge is -2.49. The molecular weight excluding hydrogens is 294 g/mol. The Morgan fingerprint density at radius 1 is 1.18 bits per heavy atom. The zero-order valence-corrected chi connectivity index (χ0v) is 13.4. The summed E-state index contributed by atoms with van der Waals surface area (Å²) in [5.74, 6) is -3.91. The van der Waals surface area contributed by atoms with Crippen molar-refractivity contribution in [2.45, 2.75) is 63.3 Å². The fraction of sp³-hybridized carbons (Fsp3) is 0.929. The van der Waals surface area contributed by atoms with Crippen LogP contribution in [0.25, 0.3) is 0 Å². The Morgan fingerprint density at radius 2 is 1.77 bits per heavy atom. The van der Waals surface area contributed by atoms with Crippen LogP contribution in [0.1, 0.15) is 39.5 Å². The van der Waals surface area contributed by atoms with E-state index in [1.807, 2.05) is 0 Å². The predicted molar refractivity (Wildman–Crippen MR) is 74.5 cm³/mol. The molecule has 0 amide bonds. The van der Waals surface area contributed by atoms with Gasteiger partial charge in [0, 0.05) is 32.5 Å². The molecule has 2 fully saturated rings. The van der Waals surface area contributed by atoms with Crippen molar-refractivity contribution in [1.29, 1.82) is 0 Å². The van der Waals surface area contributed by atoms with Crippen molar-refractivity contribution < 1.29 is 28.7 Å². The second-order valence-corrected chi connectivity index (χ2v) is 6.06. The first kappa shape index (κ1) is 17.1. The van der Waals surface area contributed by atoms with Gasteiger partial charge in [-0.3, -0.25) is 10.1 Å². The molecule has 0 aromatic carbocycles. The van der Waals surface area contributed by atoms with Crippen molar-refractivity contribution in [3.05, 3.63) is 10.1 Å². The van der Waals surface area contributed by atoms with Crippen molar-refractivity contribution in [1.82, 2.24) is 0 Å². The van der Waals surface area contributed by atoms with Crippen LogP contribution in [0.2, 0.25) is 0 Å². The summed E-state index contributed by atoms with van der Waals surface area (Å²) in [5.41, 5.74) is 0. The van der Waals surface area contributed by atoms with E-state index in [1.165, 1.54) is 21.1 Å². The normalized spacial score (nSPS) is 42.7. The molecule has 1 aliphatic carbocycles. The van der Waals surface area contributed by atoms with Crippen LogP contribution < -0.4 is 0 Å². The molecule has 0 bridgehead atoms. The monoisotopic (exact) mass is 317 g/mol. The first-order chi connectivity index (χ1) is 10.3. The van der Waals surface area contributed by atoms with E-state index in [4.69, 9.17) is 18.9 Å². The molecule has 8 heteroatoms. The number of nitrogens with zero attached hydrogens (tertiary/aromatic N) is 1. The average Bonchev–Trinajstić information content (AvgIpc) is 2.51. The third-order valence-electron chi connectivity index (χ3n) is 4.92. The maximum Gasteiger partial charge on any atom is 0.338 e. The van der Waals surface area contributed by atoms with Gasteiger partial charge in [-0.1, -0.05) is 6.42 Å². The highest BCUT2D eigenvalue weighted by atomic mass is 16.8. The number of rotatable bonds is 4. The third-order valence-corrected chi connectivity index (χ3v) is 4.92. The Balaban J connectivity index is 2.28. The first-order valence-corrected chi connectivity index (χ1v) is 7.42. The molecule has 1 aliphatic heterocycles. The fourth-order valence-electron chi connectivity index (χ4n) is 3.22. The number of ether oxygens (including phenoxy) is 4. The number of esters is 1. The second-order valence-electron chi connectivity index (χ2n) is 6.06. The van der Waals surface area contributed by atoms with E-state index < -0.39 is 35.6 Å². The van der Waals surface area contributed by atoms with Gasteiger partial charge in [-0.15, -0.1) is 0 Å². The van der Waals surface area contributed by atoms with Crippen LogP contribution in [0.3, 0.4) is 0 Å². The quantitative estimate of drug-likeness (QED) is 0.440. The standard InChI is InChI=1S/C14H23NO7/c1-13(19-3)14(2,20-4)22-12(16)11(21-13)9-7-5-6-8-10(9)15(17)18/h9-11H,5-8H2,1-4H3/t9-,10+,11+,13-,14-/m0/s1. The van der Waals surface area contributed by atoms with Gasteiger partial charge in [-0.05, 0) is 19.8 Å². The van der Waals surface area contributed by atoms with Gasteiger partial charge in [0.05, 0.1) is 5.92 Å². The topological polar surface area (TPSA) is 97.1 Å². The van der Waals surface area contributed by atoms with Crippen LogP contribution in [-0.2, 0) is 23.7 Å². The summed E-state index contributed by atoms with van der Waals surface area (Å²) in [6, 6.07) is -0.806. The molecule has 0 unspecified atom stereocenters. The zero-order valence-electron chi connectivity index (χ0n) is 13.4. The molecule has 0 aromatic rings. The van der Waals surface area contributed by atoms with Gasteiger partial charge in [0.15, 0.2) is 6.10 Å². The summed E-state index contributed by atoms with van der Waals surface area (Å²) >= 11 is 0. The van der Waals surface area contributed by atoms with Crippen molar-refractivity contribution in [3.8, 4) is 0 Å². The van der Waals surface area contributed by atoms with E-state index in [2.05, 4.69) is 0 Å². The van der Waals surface area contributed by atoms with Crippen LogP contribution >= 0.6 is 0 Å². The van der Waals surface area contributed by atoms with E-state index >= 15 is 0 Å². The highest BCUT2D eigenvalue weighted by Gasteiger charge is 2.60. The molecule has 1 saturated heterocycles. The minimum atomic E-state index is -1.41. The van der Waals surface area contributed by atoms with Crippen LogP contribution in [0.4, 0.5) is 0 Å². The molecule has 0 radical (unpaired) electrons. The lowest BCUT2D eigenvalue weighted by Crippen LogP contribution is -2.66. The SMILES string of the molecule is CO[C@@]1(C)OC(=O)[C@@H]([C@H]2CCCC[C@H]2[N+](=O)[O-])O[C@]1(C)OC. The molecule has 126 valence electrons. The van der Waals surface area contributed by atoms with E-state index in [1.54, 1.807) is 6.92 Å². The van der Waals surface area contributed by atoms with E-state index in [-0.39, 0.29) is 4.92 Å². The lowest BCUT2D eigenvalue weighted by atomic mass is 9.80.